The summed E-state index contributed by atoms with van der Waals surface area (Å²) in [6.45, 7) is 0.921. The zero-order valence-corrected chi connectivity index (χ0v) is 15.5. The molecule has 2 aliphatic rings. The van der Waals surface area contributed by atoms with Gasteiger partial charge in [-0.3, -0.25) is 9.59 Å². The summed E-state index contributed by atoms with van der Waals surface area (Å²) in [6, 6.07) is 9.46. The molecule has 0 aliphatic carbocycles. The molecule has 0 radical (unpaired) electrons. The molecule has 7 heteroatoms. The number of Topliss-reactive ketones (excluding diaryl/α,β-unsaturated/α-hetero) is 1. The fourth-order valence-electron chi connectivity index (χ4n) is 3.84. The quantitative estimate of drug-likeness (QED) is 0.772. The minimum absolute atomic E-state index is 0.0116. The standard InChI is InChI=1S/C21H21NO6/c1-26-15-8-3-2-7-14(15)18-17(19(23)16-9-5-11-28-16)20(24)21(25)22(18)12-13-6-4-10-27-13/h2-3,5,7-9,11,13,18,24H,4,6,10,12H2,1H3/t13-,18+/m0/s1. The first kappa shape index (κ1) is 18.3. The van der Waals surface area contributed by atoms with Crippen LogP contribution in [0.4, 0.5) is 0 Å². The number of para-hydroxylation sites is 1. The van der Waals surface area contributed by atoms with Gasteiger partial charge < -0.3 is 23.9 Å². The highest BCUT2D eigenvalue weighted by atomic mass is 16.5. The van der Waals surface area contributed by atoms with E-state index in [1.54, 1.807) is 30.3 Å². The Bertz CT molecular complexity index is 911. The average molecular weight is 383 g/mol. The maximum atomic E-state index is 13.1. The highest BCUT2D eigenvalue weighted by molar-refractivity contribution is 6.15. The first-order chi connectivity index (χ1) is 13.6. The first-order valence-corrected chi connectivity index (χ1v) is 9.18. The Kier molecular flexibility index (Phi) is 4.92. The van der Waals surface area contributed by atoms with Crippen LogP contribution >= 0.6 is 0 Å². The van der Waals surface area contributed by atoms with E-state index < -0.39 is 23.5 Å². The number of ether oxygens (including phenoxy) is 2. The molecule has 1 fully saturated rings. The SMILES string of the molecule is COc1ccccc1[C@@H]1C(C(=O)c2ccco2)=C(O)C(=O)N1C[C@@H]1CCCO1. The Balaban J connectivity index is 1.80. The molecule has 1 saturated heterocycles. The lowest BCUT2D eigenvalue weighted by atomic mass is 9.94. The van der Waals surface area contributed by atoms with Crippen LogP contribution in [0.1, 0.15) is 35.0 Å². The monoisotopic (exact) mass is 383 g/mol. The van der Waals surface area contributed by atoms with Gasteiger partial charge in [0.25, 0.3) is 5.91 Å². The molecule has 0 spiro atoms. The van der Waals surface area contributed by atoms with Crippen molar-refractivity contribution in [2.45, 2.75) is 25.0 Å². The van der Waals surface area contributed by atoms with Crippen LogP contribution in [0.15, 0.2) is 58.4 Å². The summed E-state index contributed by atoms with van der Waals surface area (Å²) in [5.74, 6) is -1.09. The molecule has 3 heterocycles. The van der Waals surface area contributed by atoms with Crippen LogP contribution in [-0.2, 0) is 9.53 Å². The summed E-state index contributed by atoms with van der Waals surface area (Å²) < 4.78 is 16.4. The summed E-state index contributed by atoms with van der Waals surface area (Å²) in [6.07, 6.45) is 2.99. The minimum Gasteiger partial charge on any atom is -0.503 e. The lowest BCUT2D eigenvalue weighted by Crippen LogP contribution is -2.37. The van der Waals surface area contributed by atoms with Gasteiger partial charge in [0.1, 0.15) is 5.75 Å². The fourth-order valence-corrected chi connectivity index (χ4v) is 3.84. The minimum atomic E-state index is -0.787. The molecule has 1 aromatic heterocycles. The molecule has 2 aliphatic heterocycles. The van der Waals surface area contributed by atoms with Crippen molar-refractivity contribution in [3.05, 3.63) is 65.3 Å². The third-order valence-electron chi connectivity index (χ3n) is 5.15. The van der Waals surface area contributed by atoms with Crippen LogP contribution < -0.4 is 4.74 Å². The number of methoxy groups -OCH3 is 1. The van der Waals surface area contributed by atoms with Crippen molar-refractivity contribution in [1.29, 1.82) is 0 Å². The maximum absolute atomic E-state index is 13.1. The van der Waals surface area contributed by atoms with Crippen molar-refractivity contribution < 1.29 is 28.6 Å². The van der Waals surface area contributed by atoms with Crippen molar-refractivity contribution in [3.8, 4) is 5.75 Å². The second-order valence-corrected chi connectivity index (χ2v) is 6.81. The second kappa shape index (κ2) is 7.52. The zero-order chi connectivity index (χ0) is 19.7. The summed E-state index contributed by atoms with van der Waals surface area (Å²) in [5, 5.41) is 10.6. The van der Waals surface area contributed by atoms with Crippen molar-refractivity contribution in [2.75, 3.05) is 20.3 Å². The number of ketones is 1. The van der Waals surface area contributed by atoms with Gasteiger partial charge >= 0.3 is 0 Å². The molecule has 0 bridgehead atoms. The summed E-state index contributed by atoms with van der Waals surface area (Å²) >= 11 is 0. The summed E-state index contributed by atoms with van der Waals surface area (Å²) in [7, 11) is 1.53. The predicted molar refractivity (Wildman–Crippen MR) is 99.1 cm³/mol. The van der Waals surface area contributed by atoms with Gasteiger partial charge in [0.15, 0.2) is 11.5 Å². The summed E-state index contributed by atoms with van der Waals surface area (Å²) in [4.78, 5) is 27.5. The number of amides is 1. The molecule has 4 rings (SSSR count). The molecule has 2 atom stereocenters. The molecule has 146 valence electrons. The van der Waals surface area contributed by atoms with E-state index >= 15 is 0 Å². The smallest absolute Gasteiger partial charge is 0.290 e. The number of nitrogens with zero attached hydrogens (tertiary/aromatic N) is 1. The number of aliphatic hydroxyl groups is 1. The van der Waals surface area contributed by atoms with Gasteiger partial charge in [-0.15, -0.1) is 0 Å². The van der Waals surface area contributed by atoms with E-state index in [0.29, 0.717) is 17.9 Å². The van der Waals surface area contributed by atoms with Gasteiger partial charge in [-0.1, -0.05) is 18.2 Å². The van der Waals surface area contributed by atoms with Crippen molar-refractivity contribution in [1.82, 2.24) is 4.90 Å². The topological polar surface area (TPSA) is 89.2 Å². The zero-order valence-electron chi connectivity index (χ0n) is 15.5. The number of hydrogen-bond donors (Lipinski definition) is 1. The Hall–Kier alpha value is -3.06. The first-order valence-electron chi connectivity index (χ1n) is 9.18. The number of carbonyl (C=O) groups is 2. The molecule has 7 nitrogen and oxygen atoms in total. The fraction of sp³-hybridized carbons (Fsp3) is 0.333. The molecular weight excluding hydrogens is 362 g/mol. The van der Waals surface area contributed by atoms with Gasteiger partial charge in [-0.2, -0.15) is 0 Å². The Morgan fingerprint density at radius 1 is 1.29 bits per heavy atom. The number of furan rings is 1. The highest BCUT2D eigenvalue weighted by Crippen LogP contribution is 2.42. The largest absolute Gasteiger partial charge is 0.503 e. The van der Waals surface area contributed by atoms with Crippen LogP contribution in [0.2, 0.25) is 0 Å². The van der Waals surface area contributed by atoms with Gasteiger partial charge in [-0.05, 0) is 31.0 Å². The number of hydrogen-bond acceptors (Lipinski definition) is 6. The van der Waals surface area contributed by atoms with Crippen molar-refractivity contribution in [3.63, 3.8) is 0 Å². The molecule has 1 N–H and O–H groups in total. The summed E-state index contributed by atoms with van der Waals surface area (Å²) in [5.41, 5.74) is 0.609. The van der Waals surface area contributed by atoms with E-state index in [2.05, 4.69) is 0 Å². The average Bonchev–Trinajstić information content (AvgIpc) is 3.46. The van der Waals surface area contributed by atoms with Crippen LogP contribution in [0.25, 0.3) is 0 Å². The predicted octanol–water partition coefficient (Wildman–Crippen LogP) is 3.05. The van der Waals surface area contributed by atoms with Crippen LogP contribution in [0.3, 0.4) is 0 Å². The highest BCUT2D eigenvalue weighted by Gasteiger charge is 2.46. The van der Waals surface area contributed by atoms with Crippen molar-refractivity contribution >= 4 is 11.7 Å². The lowest BCUT2D eigenvalue weighted by Gasteiger charge is -2.29. The molecule has 1 amide bonds. The molecule has 0 saturated carbocycles. The third-order valence-corrected chi connectivity index (χ3v) is 5.15. The van der Waals surface area contributed by atoms with Crippen LogP contribution in [0.5, 0.6) is 5.75 Å². The Labute approximate surface area is 162 Å². The number of carbonyl (C=O) groups excluding carboxylic acids is 2. The molecular formula is C21H21NO6. The molecule has 28 heavy (non-hydrogen) atoms. The van der Waals surface area contributed by atoms with Gasteiger partial charge in [0, 0.05) is 18.7 Å². The molecule has 0 unspecified atom stereocenters. The molecule has 2 aromatic rings. The van der Waals surface area contributed by atoms with E-state index in [0.717, 1.165) is 12.8 Å². The van der Waals surface area contributed by atoms with Crippen molar-refractivity contribution in [2.24, 2.45) is 0 Å². The Morgan fingerprint density at radius 3 is 2.79 bits per heavy atom. The van der Waals surface area contributed by atoms with Gasteiger partial charge in [-0.25, -0.2) is 0 Å². The van der Waals surface area contributed by atoms with Crippen LogP contribution in [0, 0.1) is 0 Å². The van der Waals surface area contributed by atoms with Gasteiger partial charge in [0.2, 0.25) is 5.78 Å². The number of aliphatic hydroxyl groups excluding tert-OH is 1. The normalized spacial score (nSPS) is 22.2. The second-order valence-electron chi connectivity index (χ2n) is 6.81. The maximum Gasteiger partial charge on any atom is 0.290 e. The van der Waals surface area contributed by atoms with E-state index in [4.69, 9.17) is 13.9 Å². The lowest BCUT2D eigenvalue weighted by molar-refractivity contribution is -0.131. The van der Waals surface area contributed by atoms with E-state index in [-0.39, 0.29) is 24.0 Å². The van der Waals surface area contributed by atoms with E-state index in [9.17, 15) is 14.7 Å². The Morgan fingerprint density at radius 2 is 2.11 bits per heavy atom. The number of rotatable bonds is 6. The number of benzene rings is 1. The third kappa shape index (κ3) is 3.07. The molecule has 1 aromatic carbocycles. The van der Waals surface area contributed by atoms with Crippen LogP contribution in [-0.4, -0.2) is 48.1 Å². The van der Waals surface area contributed by atoms with E-state index in [1.165, 1.54) is 24.3 Å². The van der Waals surface area contributed by atoms with Gasteiger partial charge in [0.05, 0.1) is 31.1 Å². The van der Waals surface area contributed by atoms with E-state index in [1.807, 2.05) is 0 Å².